The second-order valence-electron chi connectivity index (χ2n) is 17.0. The number of rotatable bonds is 5. The molecule has 0 radical (unpaired) electrons. The first-order chi connectivity index (χ1) is 26.5. The van der Waals surface area contributed by atoms with Gasteiger partial charge in [-0.3, -0.25) is 19.1 Å². The Labute approximate surface area is 324 Å². The van der Waals surface area contributed by atoms with E-state index in [0.717, 1.165) is 22.9 Å². The molecule has 6 atom stereocenters. The van der Waals surface area contributed by atoms with E-state index < -0.39 is 92.6 Å². The Kier molecular flexibility index (Phi) is 9.59. The highest BCUT2D eigenvalue weighted by Crippen LogP contribution is 2.49. The fourth-order valence-electron chi connectivity index (χ4n) is 8.98. The number of hydrogen-bond donors (Lipinski definition) is 3. The molecule has 3 aliphatic heterocycles. The number of allylic oxidation sites excluding steroid dienone is 1. The van der Waals surface area contributed by atoms with E-state index in [4.69, 9.17) is 14.5 Å². The zero-order chi connectivity index (χ0) is 39.7. The summed E-state index contributed by atoms with van der Waals surface area (Å²) in [5, 5.41) is 6.49. The van der Waals surface area contributed by atoms with Crippen LogP contribution < -0.4 is 20.1 Å². The molecule has 1 saturated heterocycles. The van der Waals surface area contributed by atoms with Crippen molar-refractivity contribution < 1.29 is 45.9 Å². The van der Waals surface area contributed by atoms with Gasteiger partial charge in [0.1, 0.15) is 35.1 Å². The molecule has 4 amide bonds. The molecular formula is C40H49F2N5O8S. The van der Waals surface area contributed by atoms with Crippen LogP contribution >= 0.6 is 0 Å². The molecule has 302 valence electrons. The smallest absolute Gasteiger partial charge is 0.408 e. The first-order valence-corrected chi connectivity index (χ1v) is 21.3. The minimum atomic E-state index is -4.02. The molecule has 6 aliphatic rings. The van der Waals surface area contributed by atoms with Gasteiger partial charge in [0.25, 0.3) is 11.8 Å². The van der Waals surface area contributed by atoms with E-state index in [1.807, 2.05) is 43.3 Å². The maximum atomic E-state index is 14.7. The van der Waals surface area contributed by atoms with Gasteiger partial charge < -0.3 is 25.0 Å². The van der Waals surface area contributed by atoms with Gasteiger partial charge in [-0.1, -0.05) is 43.2 Å². The quantitative estimate of drug-likeness (QED) is 0.357. The zero-order valence-corrected chi connectivity index (χ0v) is 32.5. The summed E-state index contributed by atoms with van der Waals surface area (Å²) >= 11 is 0. The molecule has 1 aromatic heterocycles. The van der Waals surface area contributed by atoms with E-state index in [9.17, 15) is 36.4 Å². The molecule has 2 aromatic rings. The average Bonchev–Trinajstić information content (AvgIpc) is 3.99. The number of para-hydroxylation sites is 1. The largest absolute Gasteiger partial charge is 0.483 e. The van der Waals surface area contributed by atoms with Gasteiger partial charge in [-0.05, 0) is 77.7 Å². The highest BCUT2D eigenvalue weighted by atomic mass is 32.2. The Bertz CT molecular complexity index is 2110. The Morgan fingerprint density at radius 1 is 1.04 bits per heavy atom. The standard InChI is InChI=1S/C40H49F2N5O8S/c1-24-32-28(27-11-8-9-12-29(27)43-24)15-16-38(55-32)22-31-33(48)45-40(35(50)46-56(52,53)37(2)18-19-37)20-25(40)10-6-4-3-5-7-13-30(34(49)47(31)23-38)44-36(51)54-26-14-17-39(41,42)21-26/h6,8-12,25-26,30-31H,3-5,7,13-23H2,1-2H3,(H,44,51)(H,45,48)(H,46,50)/b10-6-/t25?,26?,30-,31-,38+,40+/m0/s1. The second kappa shape index (κ2) is 13.9. The van der Waals surface area contributed by atoms with E-state index in [-0.39, 0.29) is 32.2 Å². The van der Waals surface area contributed by atoms with Crippen molar-refractivity contribution in [3.05, 3.63) is 47.7 Å². The highest BCUT2D eigenvalue weighted by molar-refractivity contribution is 7.91. The monoisotopic (exact) mass is 797 g/mol. The number of pyridine rings is 1. The van der Waals surface area contributed by atoms with Gasteiger partial charge in [-0.15, -0.1) is 0 Å². The zero-order valence-electron chi connectivity index (χ0n) is 31.7. The summed E-state index contributed by atoms with van der Waals surface area (Å²) in [5.74, 6) is -4.86. The lowest BCUT2D eigenvalue weighted by Crippen LogP contribution is -2.58. The number of nitrogens with zero attached hydrogens (tertiary/aromatic N) is 2. The number of hydrogen-bond acceptors (Lipinski definition) is 9. The molecule has 1 aromatic carbocycles. The maximum Gasteiger partial charge on any atom is 0.408 e. The molecule has 0 bridgehead atoms. The van der Waals surface area contributed by atoms with E-state index in [1.54, 1.807) is 6.92 Å². The molecule has 56 heavy (non-hydrogen) atoms. The second-order valence-corrected chi connectivity index (χ2v) is 19.2. The molecule has 3 N–H and O–H groups in total. The fourth-order valence-corrected chi connectivity index (χ4v) is 10.3. The third-order valence-electron chi connectivity index (χ3n) is 12.8. The third kappa shape index (κ3) is 7.22. The van der Waals surface area contributed by atoms with Crippen LogP contribution in [0.5, 0.6) is 5.75 Å². The number of sulfonamides is 1. The van der Waals surface area contributed by atoms with Crippen LogP contribution in [0.2, 0.25) is 0 Å². The van der Waals surface area contributed by atoms with E-state index in [1.165, 1.54) is 4.90 Å². The number of aromatic nitrogens is 1. The van der Waals surface area contributed by atoms with Crippen molar-refractivity contribution in [1.82, 2.24) is 25.2 Å². The number of carbonyl (C=O) groups is 4. The fraction of sp³-hybridized carbons (Fsp3) is 0.625. The van der Waals surface area contributed by atoms with Crippen molar-refractivity contribution >= 4 is 44.7 Å². The van der Waals surface area contributed by atoms with Gasteiger partial charge >= 0.3 is 6.09 Å². The topological polar surface area (TPSA) is 173 Å². The van der Waals surface area contributed by atoms with Crippen LogP contribution in [-0.2, 0) is 35.6 Å². The Hall–Kier alpha value is -4.34. The lowest BCUT2D eigenvalue weighted by atomic mass is 9.87. The molecule has 4 heterocycles. The van der Waals surface area contributed by atoms with Crippen molar-refractivity contribution in [3.63, 3.8) is 0 Å². The summed E-state index contributed by atoms with van der Waals surface area (Å²) in [6.07, 6.45) is 5.70. The van der Waals surface area contributed by atoms with Gasteiger partial charge in [-0.25, -0.2) is 27.0 Å². The average molecular weight is 798 g/mol. The number of aryl methyl sites for hydroxylation is 2. The SMILES string of the molecule is Cc1nc2ccccc2c2c1O[C@]1(CC2)C[C@H]2C(=O)N[C@]3(C(=O)NS(=O)(=O)C4(C)CC4)CC3/C=C\CCCCC[C@H](NC(=O)OC3CCC(F)(F)C3)C(=O)N2C1. The summed E-state index contributed by atoms with van der Waals surface area (Å²) in [4.78, 5) is 62.6. The predicted molar refractivity (Wildman–Crippen MR) is 200 cm³/mol. The molecule has 2 unspecified atom stereocenters. The summed E-state index contributed by atoms with van der Waals surface area (Å²) in [5.41, 5.74) is -0.124. The van der Waals surface area contributed by atoms with Crippen LogP contribution in [0.3, 0.4) is 0 Å². The number of fused-ring (bicyclic) bond motifs is 5. The van der Waals surface area contributed by atoms with Gasteiger partial charge in [0.2, 0.25) is 21.8 Å². The molecule has 1 spiro atoms. The van der Waals surface area contributed by atoms with Crippen molar-refractivity contribution in [2.45, 2.75) is 144 Å². The summed E-state index contributed by atoms with van der Waals surface area (Å²) in [7, 11) is -4.02. The number of alkyl carbamates (subject to hydrolysis) is 1. The van der Waals surface area contributed by atoms with Gasteiger partial charge in [0.05, 0.1) is 22.5 Å². The molecule has 13 nitrogen and oxygen atoms in total. The Morgan fingerprint density at radius 2 is 1.82 bits per heavy atom. The molecule has 3 aliphatic carbocycles. The number of ether oxygens (including phenoxy) is 2. The maximum absolute atomic E-state index is 14.7. The van der Waals surface area contributed by atoms with E-state index >= 15 is 0 Å². The number of alkyl halides is 2. The molecular weight excluding hydrogens is 749 g/mol. The van der Waals surface area contributed by atoms with Gasteiger partial charge in [-0.2, -0.15) is 0 Å². The molecule has 16 heteroatoms. The normalized spacial score (nSPS) is 32.8. The predicted octanol–water partition coefficient (Wildman–Crippen LogP) is 4.88. The van der Waals surface area contributed by atoms with Crippen LogP contribution in [0.1, 0.15) is 102 Å². The number of halogens is 2. The van der Waals surface area contributed by atoms with Crippen molar-refractivity contribution in [3.8, 4) is 5.75 Å². The number of benzene rings is 1. The minimum Gasteiger partial charge on any atom is -0.483 e. The summed E-state index contributed by atoms with van der Waals surface area (Å²) in [6.45, 7) is 3.40. The molecule has 8 rings (SSSR count). The van der Waals surface area contributed by atoms with E-state index in [2.05, 4.69) is 15.4 Å². The van der Waals surface area contributed by atoms with Crippen LogP contribution in [0.15, 0.2) is 36.4 Å². The highest BCUT2D eigenvalue weighted by Gasteiger charge is 2.64. The minimum absolute atomic E-state index is 0.00266. The van der Waals surface area contributed by atoms with Gasteiger partial charge in [0, 0.05) is 36.1 Å². The van der Waals surface area contributed by atoms with Crippen LogP contribution in [0.25, 0.3) is 10.9 Å². The van der Waals surface area contributed by atoms with Crippen molar-refractivity contribution in [1.29, 1.82) is 0 Å². The first-order valence-electron chi connectivity index (χ1n) is 19.8. The summed E-state index contributed by atoms with van der Waals surface area (Å²) in [6, 6.07) is 5.45. The van der Waals surface area contributed by atoms with Crippen molar-refractivity contribution in [2.24, 2.45) is 5.92 Å². The Morgan fingerprint density at radius 3 is 2.57 bits per heavy atom. The molecule has 3 saturated carbocycles. The van der Waals surface area contributed by atoms with Crippen LogP contribution in [0.4, 0.5) is 13.6 Å². The number of amides is 4. The molecule has 4 fully saturated rings. The Balaban J connectivity index is 1.11. The first kappa shape index (κ1) is 38.5. The van der Waals surface area contributed by atoms with Gasteiger partial charge in [0.15, 0.2) is 0 Å². The third-order valence-corrected chi connectivity index (χ3v) is 15.0. The number of carbonyl (C=O) groups excluding carboxylic acids is 4. The lowest BCUT2D eigenvalue weighted by Gasteiger charge is -2.36. The van der Waals surface area contributed by atoms with E-state index in [0.29, 0.717) is 56.4 Å². The summed E-state index contributed by atoms with van der Waals surface area (Å²) < 4.78 is 67.6. The van der Waals surface area contributed by atoms with Crippen LogP contribution in [-0.4, -0.2) is 88.7 Å². The number of nitrogens with one attached hydrogen (secondary N) is 3. The van der Waals surface area contributed by atoms with Crippen LogP contribution in [0, 0.1) is 12.8 Å². The van der Waals surface area contributed by atoms with Crippen molar-refractivity contribution in [2.75, 3.05) is 6.54 Å². The lowest BCUT2D eigenvalue weighted by molar-refractivity contribution is -0.141.